The Morgan fingerprint density at radius 1 is 1.00 bits per heavy atom. The van der Waals surface area contributed by atoms with Crippen LogP contribution in [0.5, 0.6) is 0 Å². The van der Waals surface area contributed by atoms with Gasteiger partial charge in [-0.3, -0.25) is 0 Å². The van der Waals surface area contributed by atoms with Crippen molar-refractivity contribution in [2.24, 2.45) is 0 Å². The third kappa shape index (κ3) is 4.21. The monoisotopic (exact) mass is 386 g/mol. The molecule has 0 aliphatic rings. The van der Waals surface area contributed by atoms with E-state index in [-0.39, 0.29) is 6.04 Å². The number of hydrogen-bond acceptors (Lipinski definition) is 2. The van der Waals surface area contributed by atoms with Crippen molar-refractivity contribution in [2.45, 2.75) is 6.04 Å². The average molecular weight is 387 g/mol. The van der Waals surface area contributed by atoms with Gasteiger partial charge in [0.25, 0.3) is 0 Å². The second-order valence-corrected chi connectivity index (χ2v) is 6.29. The van der Waals surface area contributed by atoms with Gasteiger partial charge in [-0.1, -0.05) is 52.3 Å². The lowest BCUT2D eigenvalue weighted by atomic mass is 10.1. The van der Waals surface area contributed by atoms with Crippen molar-refractivity contribution in [1.82, 2.24) is 5.32 Å². The van der Waals surface area contributed by atoms with Gasteiger partial charge in [0, 0.05) is 10.2 Å². The SMILES string of the molecule is S=C(Nc1cccc(Br)c1)N[C@@H](c1ccccc1)c1ccco1. The van der Waals surface area contributed by atoms with Crippen molar-refractivity contribution < 1.29 is 4.42 Å². The van der Waals surface area contributed by atoms with Crippen molar-refractivity contribution in [3.05, 3.63) is 88.8 Å². The summed E-state index contributed by atoms with van der Waals surface area (Å²) in [6.45, 7) is 0. The molecule has 3 rings (SSSR count). The normalized spacial score (nSPS) is 11.7. The van der Waals surface area contributed by atoms with Crippen LogP contribution >= 0.6 is 28.1 Å². The van der Waals surface area contributed by atoms with Gasteiger partial charge in [-0.05, 0) is 48.1 Å². The van der Waals surface area contributed by atoms with Gasteiger partial charge in [-0.2, -0.15) is 0 Å². The Hall–Kier alpha value is -2.11. The van der Waals surface area contributed by atoms with E-state index < -0.39 is 0 Å². The molecule has 23 heavy (non-hydrogen) atoms. The standard InChI is InChI=1S/C18H15BrN2OS/c19-14-8-4-9-15(12-14)20-18(23)21-17(16-10-5-11-22-16)13-6-2-1-3-7-13/h1-12,17H,(H2,20,21,23)/t17-/m0/s1. The van der Waals surface area contributed by atoms with Crippen molar-refractivity contribution in [2.75, 3.05) is 5.32 Å². The molecule has 3 aromatic rings. The van der Waals surface area contributed by atoms with Crippen molar-refractivity contribution in [3.8, 4) is 0 Å². The summed E-state index contributed by atoms with van der Waals surface area (Å²) in [5.41, 5.74) is 2.00. The first-order chi connectivity index (χ1) is 11.2. The van der Waals surface area contributed by atoms with Gasteiger partial charge in [0.1, 0.15) is 11.8 Å². The maximum Gasteiger partial charge on any atom is 0.171 e. The molecule has 0 saturated carbocycles. The van der Waals surface area contributed by atoms with Crippen LogP contribution in [-0.2, 0) is 0 Å². The lowest BCUT2D eigenvalue weighted by Crippen LogP contribution is -2.32. The maximum atomic E-state index is 5.56. The summed E-state index contributed by atoms with van der Waals surface area (Å²) in [5, 5.41) is 7.04. The molecule has 3 nitrogen and oxygen atoms in total. The molecular weight excluding hydrogens is 372 g/mol. The maximum absolute atomic E-state index is 5.56. The molecule has 116 valence electrons. The van der Waals surface area contributed by atoms with Crippen LogP contribution in [0.1, 0.15) is 17.4 Å². The fourth-order valence-electron chi connectivity index (χ4n) is 2.28. The number of anilines is 1. The van der Waals surface area contributed by atoms with E-state index >= 15 is 0 Å². The van der Waals surface area contributed by atoms with Crippen molar-refractivity contribution in [1.29, 1.82) is 0 Å². The minimum atomic E-state index is -0.140. The van der Waals surface area contributed by atoms with E-state index in [0.29, 0.717) is 5.11 Å². The molecule has 1 heterocycles. The molecular formula is C18H15BrN2OS. The van der Waals surface area contributed by atoms with Crippen LogP contribution in [0.2, 0.25) is 0 Å². The molecule has 0 amide bonds. The van der Waals surface area contributed by atoms with Gasteiger partial charge in [-0.15, -0.1) is 0 Å². The summed E-state index contributed by atoms with van der Waals surface area (Å²) < 4.78 is 6.56. The Morgan fingerprint density at radius 3 is 2.52 bits per heavy atom. The predicted octanol–water partition coefficient (Wildman–Crippen LogP) is 5.12. The molecule has 0 aliphatic heterocycles. The molecule has 1 aromatic heterocycles. The van der Waals surface area contributed by atoms with Crippen LogP contribution in [0.4, 0.5) is 5.69 Å². The topological polar surface area (TPSA) is 37.2 Å². The molecule has 2 N–H and O–H groups in total. The summed E-state index contributed by atoms with van der Waals surface area (Å²) in [4.78, 5) is 0. The summed E-state index contributed by atoms with van der Waals surface area (Å²) in [6.07, 6.45) is 1.66. The number of thiocarbonyl (C=S) groups is 1. The molecule has 0 saturated heterocycles. The Balaban J connectivity index is 1.77. The number of hydrogen-bond donors (Lipinski definition) is 2. The van der Waals surface area contributed by atoms with Gasteiger partial charge in [-0.25, -0.2) is 0 Å². The van der Waals surface area contributed by atoms with Crippen LogP contribution in [0.15, 0.2) is 81.9 Å². The van der Waals surface area contributed by atoms with Crippen LogP contribution in [-0.4, -0.2) is 5.11 Å². The summed E-state index contributed by atoms with van der Waals surface area (Å²) >= 11 is 8.90. The number of furan rings is 1. The zero-order valence-electron chi connectivity index (χ0n) is 12.2. The third-order valence-corrected chi connectivity index (χ3v) is 4.03. The third-order valence-electron chi connectivity index (χ3n) is 3.32. The van der Waals surface area contributed by atoms with Crippen molar-refractivity contribution >= 4 is 38.9 Å². The highest BCUT2D eigenvalue weighted by Crippen LogP contribution is 2.23. The van der Waals surface area contributed by atoms with Gasteiger partial charge in [0.15, 0.2) is 5.11 Å². The summed E-state index contributed by atoms with van der Waals surface area (Å²) in [6, 6.07) is 21.6. The highest BCUT2D eigenvalue weighted by Gasteiger charge is 2.17. The number of halogens is 1. The number of nitrogens with one attached hydrogen (secondary N) is 2. The highest BCUT2D eigenvalue weighted by molar-refractivity contribution is 9.10. The van der Waals surface area contributed by atoms with E-state index in [9.17, 15) is 0 Å². The molecule has 0 unspecified atom stereocenters. The smallest absolute Gasteiger partial charge is 0.171 e. The molecule has 0 spiro atoms. The van der Waals surface area contributed by atoms with E-state index in [0.717, 1.165) is 21.5 Å². The summed E-state index contributed by atoms with van der Waals surface area (Å²) in [7, 11) is 0. The van der Waals surface area contributed by atoms with Gasteiger partial charge in [0.05, 0.1) is 6.26 Å². The highest BCUT2D eigenvalue weighted by atomic mass is 79.9. The van der Waals surface area contributed by atoms with E-state index in [1.54, 1.807) is 6.26 Å². The van der Waals surface area contributed by atoms with Crippen LogP contribution in [0, 0.1) is 0 Å². The van der Waals surface area contributed by atoms with E-state index in [1.165, 1.54) is 0 Å². The molecule has 0 bridgehead atoms. The molecule has 0 aliphatic carbocycles. The van der Waals surface area contributed by atoms with Crippen LogP contribution in [0.25, 0.3) is 0 Å². The van der Waals surface area contributed by atoms with Crippen LogP contribution < -0.4 is 10.6 Å². The minimum absolute atomic E-state index is 0.140. The molecule has 1 atom stereocenters. The lowest BCUT2D eigenvalue weighted by molar-refractivity contribution is 0.476. The Morgan fingerprint density at radius 2 is 1.83 bits per heavy atom. The zero-order chi connectivity index (χ0) is 16.1. The quantitative estimate of drug-likeness (QED) is 0.610. The number of rotatable bonds is 4. The molecule has 0 fully saturated rings. The fourth-order valence-corrected chi connectivity index (χ4v) is 2.92. The fraction of sp³-hybridized carbons (Fsp3) is 0.0556. The Bertz CT molecular complexity index is 775. The van der Waals surface area contributed by atoms with Gasteiger partial charge in [0.2, 0.25) is 0 Å². The van der Waals surface area contributed by atoms with Gasteiger partial charge >= 0.3 is 0 Å². The second kappa shape index (κ2) is 7.44. The van der Waals surface area contributed by atoms with E-state index in [4.69, 9.17) is 16.6 Å². The molecule has 2 aromatic carbocycles. The first-order valence-electron chi connectivity index (χ1n) is 7.14. The minimum Gasteiger partial charge on any atom is -0.467 e. The zero-order valence-corrected chi connectivity index (χ0v) is 14.6. The lowest BCUT2D eigenvalue weighted by Gasteiger charge is -2.19. The average Bonchev–Trinajstić information content (AvgIpc) is 3.07. The largest absolute Gasteiger partial charge is 0.467 e. The molecule has 0 radical (unpaired) electrons. The first-order valence-corrected chi connectivity index (χ1v) is 8.34. The summed E-state index contributed by atoms with van der Waals surface area (Å²) in [5.74, 6) is 0.814. The second-order valence-electron chi connectivity index (χ2n) is 4.97. The Labute approximate surface area is 148 Å². The van der Waals surface area contributed by atoms with Crippen LogP contribution in [0.3, 0.4) is 0 Å². The number of benzene rings is 2. The van der Waals surface area contributed by atoms with Crippen molar-refractivity contribution in [3.63, 3.8) is 0 Å². The molecule has 5 heteroatoms. The van der Waals surface area contributed by atoms with E-state index in [1.807, 2.05) is 66.7 Å². The van der Waals surface area contributed by atoms with Gasteiger partial charge < -0.3 is 15.1 Å². The first kappa shape index (κ1) is 15.8. The van der Waals surface area contributed by atoms with E-state index in [2.05, 4.69) is 26.6 Å². The Kier molecular flexibility index (Phi) is 5.10. The predicted molar refractivity (Wildman–Crippen MR) is 100 cm³/mol.